The summed E-state index contributed by atoms with van der Waals surface area (Å²) in [6, 6.07) is 21.5. The molecule has 0 spiro atoms. The second-order valence-electron chi connectivity index (χ2n) is 6.40. The van der Waals surface area contributed by atoms with E-state index in [1.54, 1.807) is 0 Å². The molecule has 2 rings (SSSR count). The van der Waals surface area contributed by atoms with Crippen LogP contribution in [0.25, 0.3) is 0 Å². The minimum absolute atomic E-state index is 1.06. The Balaban J connectivity index is 1.58. The summed E-state index contributed by atoms with van der Waals surface area (Å²) in [7, 11) is 0. The highest BCUT2D eigenvalue weighted by Gasteiger charge is 2.05. The van der Waals surface area contributed by atoms with Crippen molar-refractivity contribution in [3.63, 3.8) is 0 Å². The molecular formula is C22H32N2S. The molecule has 1 N–H and O–H groups in total. The molecule has 0 aliphatic rings. The highest BCUT2D eigenvalue weighted by molar-refractivity contribution is 7.98. The van der Waals surface area contributed by atoms with Crippen molar-refractivity contribution in [3.8, 4) is 0 Å². The van der Waals surface area contributed by atoms with Crippen molar-refractivity contribution in [2.75, 3.05) is 31.9 Å². The van der Waals surface area contributed by atoms with Crippen molar-refractivity contribution >= 4 is 11.8 Å². The summed E-state index contributed by atoms with van der Waals surface area (Å²) in [5.41, 5.74) is 2.83. The van der Waals surface area contributed by atoms with Gasteiger partial charge in [-0.05, 0) is 24.1 Å². The summed E-state index contributed by atoms with van der Waals surface area (Å²) >= 11 is 2.01. The summed E-state index contributed by atoms with van der Waals surface area (Å²) in [4.78, 5) is 2.57. The Labute approximate surface area is 158 Å². The van der Waals surface area contributed by atoms with Crippen LogP contribution >= 0.6 is 11.8 Å². The fourth-order valence-corrected chi connectivity index (χ4v) is 3.63. The van der Waals surface area contributed by atoms with Gasteiger partial charge in [-0.15, -0.1) is 0 Å². The maximum Gasteiger partial charge on any atom is 0.0234 e. The lowest BCUT2D eigenvalue weighted by Crippen LogP contribution is -2.33. The molecule has 2 aromatic carbocycles. The Morgan fingerprint density at radius 2 is 1.52 bits per heavy atom. The molecule has 0 radical (unpaired) electrons. The molecule has 0 aliphatic carbocycles. The minimum atomic E-state index is 1.06. The Morgan fingerprint density at radius 3 is 2.20 bits per heavy atom. The van der Waals surface area contributed by atoms with Gasteiger partial charge in [-0.2, -0.15) is 11.8 Å². The Bertz CT molecular complexity index is 544. The highest BCUT2D eigenvalue weighted by atomic mass is 32.2. The van der Waals surface area contributed by atoms with Gasteiger partial charge in [0, 0.05) is 37.7 Å². The van der Waals surface area contributed by atoms with E-state index in [9.17, 15) is 0 Å². The second kappa shape index (κ2) is 13.0. The maximum absolute atomic E-state index is 3.60. The number of unbranched alkanes of at least 4 members (excludes halogenated alkanes) is 1. The van der Waals surface area contributed by atoms with Crippen LogP contribution in [-0.2, 0) is 12.3 Å². The summed E-state index contributed by atoms with van der Waals surface area (Å²) in [5, 5.41) is 3.60. The second-order valence-corrected chi connectivity index (χ2v) is 7.51. The monoisotopic (exact) mass is 356 g/mol. The van der Waals surface area contributed by atoms with Gasteiger partial charge in [0.1, 0.15) is 0 Å². The predicted octanol–water partition coefficient (Wildman–Crippen LogP) is 4.81. The zero-order valence-electron chi connectivity index (χ0n) is 15.5. The Morgan fingerprint density at radius 1 is 0.840 bits per heavy atom. The molecule has 0 heterocycles. The molecule has 0 aromatic heterocycles. The fraction of sp³-hybridized carbons (Fsp3) is 0.455. The molecule has 2 nitrogen and oxygen atoms in total. The van der Waals surface area contributed by atoms with Crippen LogP contribution in [0.5, 0.6) is 0 Å². The van der Waals surface area contributed by atoms with Crippen molar-refractivity contribution in [2.24, 2.45) is 0 Å². The molecule has 0 fully saturated rings. The topological polar surface area (TPSA) is 15.3 Å². The van der Waals surface area contributed by atoms with E-state index < -0.39 is 0 Å². The molecule has 2 aromatic rings. The zero-order chi connectivity index (χ0) is 17.6. The molecule has 3 heteroatoms. The largest absolute Gasteiger partial charge is 0.315 e. The van der Waals surface area contributed by atoms with Crippen LogP contribution < -0.4 is 5.32 Å². The summed E-state index contributed by atoms with van der Waals surface area (Å²) < 4.78 is 0. The number of hydrogen-bond donors (Lipinski definition) is 1. The average molecular weight is 357 g/mol. The van der Waals surface area contributed by atoms with Gasteiger partial charge >= 0.3 is 0 Å². The van der Waals surface area contributed by atoms with Crippen LogP contribution in [0.1, 0.15) is 30.9 Å². The summed E-state index contributed by atoms with van der Waals surface area (Å²) in [5.74, 6) is 2.28. The number of nitrogens with zero attached hydrogens (tertiary/aromatic N) is 1. The van der Waals surface area contributed by atoms with Crippen LogP contribution in [0.4, 0.5) is 0 Å². The maximum atomic E-state index is 3.60. The lowest BCUT2D eigenvalue weighted by atomic mass is 10.2. The quantitative estimate of drug-likeness (QED) is 0.518. The molecule has 0 atom stereocenters. The third-order valence-electron chi connectivity index (χ3n) is 4.22. The standard InChI is InChI=1S/C22H32N2S/c1-2-3-16-24(19-21-10-6-4-7-11-21)17-14-23-15-18-25-20-22-12-8-5-9-13-22/h4-13,23H,2-3,14-20H2,1H3. The van der Waals surface area contributed by atoms with Gasteiger partial charge in [0.25, 0.3) is 0 Å². The number of benzene rings is 2. The van der Waals surface area contributed by atoms with Gasteiger partial charge in [0.05, 0.1) is 0 Å². The van der Waals surface area contributed by atoms with E-state index in [4.69, 9.17) is 0 Å². The van der Waals surface area contributed by atoms with Crippen LogP contribution in [0.2, 0.25) is 0 Å². The van der Waals surface area contributed by atoms with E-state index in [0.29, 0.717) is 0 Å². The molecule has 0 bridgehead atoms. The molecular weight excluding hydrogens is 324 g/mol. The predicted molar refractivity (Wildman–Crippen MR) is 112 cm³/mol. The molecule has 136 valence electrons. The van der Waals surface area contributed by atoms with E-state index >= 15 is 0 Å². The average Bonchev–Trinajstić information content (AvgIpc) is 2.66. The third kappa shape index (κ3) is 9.10. The van der Waals surface area contributed by atoms with E-state index in [1.807, 2.05) is 11.8 Å². The number of thioether (sulfide) groups is 1. The molecule has 0 saturated carbocycles. The SMILES string of the molecule is CCCCN(CCNCCSCc1ccccc1)Cc1ccccc1. The van der Waals surface area contributed by atoms with Crippen molar-refractivity contribution in [2.45, 2.75) is 32.1 Å². The van der Waals surface area contributed by atoms with Crippen LogP contribution in [-0.4, -0.2) is 36.8 Å². The van der Waals surface area contributed by atoms with Gasteiger partial charge < -0.3 is 5.32 Å². The van der Waals surface area contributed by atoms with Crippen molar-refractivity contribution in [1.82, 2.24) is 10.2 Å². The Hall–Kier alpha value is -1.29. The fourth-order valence-electron chi connectivity index (χ4n) is 2.76. The van der Waals surface area contributed by atoms with Crippen LogP contribution in [0.3, 0.4) is 0 Å². The van der Waals surface area contributed by atoms with Crippen LogP contribution in [0, 0.1) is 0 Å². The first-order chi connectivity index (χ1) is 12.4. The minimum Gasteiger partial charge on any atom is -0.315 e. The molecule has 0 aliphatic heterocycles. The molecule has 0 saturated heterocycles. The lowest BCUT2D eigenvalue weighted by Gasteiger charge is -2.22. The van der Waals surface area contributed by atoms with Crippen LogP contribution in [0.15, 0.2) is 60.7 Å². The Kier molecular flexibility index (Phi) is 10.4. The molecule has 0 amide bonds. The van der Waals surface area contributed by atoms with Gasteiger partial charge in [-0.25, -0.2) is 0 Å². The van der Waals surface area contributed by atoms with E-state index in [1.165, 1.54) is 36.3 Å². The van der Waals surface area contributed by atoms with E-state index in [0.717, 1.165) is 31.9 Å². The highest BCUT2D eigenvalue weighted by Crippen LogP contribution is 2.10. The van der Waals surface area contributed by atoms with Gasteiger partial charge in [-0.1, -0.05) is 74.0 Å². The first-order valence-electron chi connectivity index (χ1n) is 9.47. The first-order valence-corrected chi connectivity index (χ1v) is 10.6. The van der Waals surface area contributed by atoms with E-state index in [-0.39, 0.29) is 0 Å². The number of hydrogen-bond acceptors (Lipinski definition) is 3. The molecule has 25 heavy (non-hydrogen) atoms. The van der Waals surface area contributed by atoms with Crippen molar-refractivity contribution in [3.05, 3.63) is 71.8 Å². The van der Waals surface area contributed by atoms with Crippen molar-refractivity contribution < 1.29 is 0 Å². The molecule has 0 unspecified atom stereocenters. The van der Waals surface area contributed by atoms with Crippen molar-refractivity contribution in [1.29, 1.82) is 0 Å². The van der Waals surface area contributed by atoms with Gasteiger partial charge in [-0.3, -0.25) is 4.90 Å². The van der Waals surface area contributed by atoms with Gasteiger partial charge in [0.2, 0.25) is 0 Å². The number of nitrogens with one attached hydrogen (secondary N) is 1. The summed E-state index contributed by atoms with van der Waals surface area (Å²) in [6.07, 6.45) is 2.54. The lowest BCUT2D eigenvalue weighted by molar-refractivity contribution is 0.261. The van der Waals surface area contributed by atoms with Gasteiger partial charge in [0.15, 0.2) is 0 Å². The first kappa shape index (κ1) is 20.0. The van der Waals surface area contributed by atoms with E-state index in [2.05, 4.69) is 77.8 Å². The number of rotatable bonds is 13. The zero-order valence-corrected chi connectivity index (χ0v) is 16.3. The summed E-state index contributed by atoms with van der Waals surface area (Å²) in [6.45, 7) is 7.80. The smallest absolute Gasteiger partial charge is 0.0234 e. The third-order valence-corrected chi connectivity index (χ3v) is 5.25. The normalized spacial score (nSPS) is 11.1.